The van der Waals surface area contributed by atoms with Gasteiger partial charge in [0.15, 0.2) is 0 Å². The van der Waals surface area contributed by atoms with E-state index in [-0.39, 0.29) is 45.9 Å². The van der Waals surface area contributed by atoms with Crippen LogP contribution in [0.5, 0.6) is 0 Å². The number of nitrogens with zero attached hydrogens (tertiary/aromatic N) is 4. The molecule has 0 fully saturated rings. The summed E-state index contributed by atoms with van der Waals surface area (Å²) in [4.78, 5) is 19.1. The normalized spacial score (nSPS) is 17.7. The summed E-state index contributed by atoms with van der Waals surface area (Å²) in [5.74, 6) is -0.577. The van der Waals surface area contributed by atoms with Gasteiger partial charge in [-0.1, -0.05) is 200 Å². The highest BCUT2D eigenvalue weighted by atomic mass is 16.5. The van der Waals surface area contributed by atoms with Crippen molar-refractivity contribution in [3.63, 3.8) is 0 Å². The first-order valence-electron chi connectivity index (χ1n) is 33.2. The lowest BCUT2D eigenvalue weighted by Gasteiger charge is -2.15. The van der Waals surface area contributed by atoms with E-state index in [4.69, 9.17) is 43.8 Å². The number of rotatable bonds is 7. The van der Waals surface area contributed by atoms with Gasteiger partial charge in [0, 0.05) is 69.5 Å². The van der Waals surface area contributed by atoms with Crippen molar-refractivity contribution in [2.75, 3.05) is 0 Å². The highest BCUT2D eigenvalue weighted by Gasteiger charge is 2.22. The van der Waals surface area contributed by atoms with E-state index in [1.807, 2.05) is 133 Å². The van der Waals surface area contributed by atoms with Crippen molar-refractivity contribution in [1.29, 1.82) is 0 Å². The van der Waals surface area contributed by atoms with Crippen molar-refractivity contribution in [2.45, 2.75) is 12.5 Å². The van der Waals surface area contributed by atoms with Crippen LogP contribution in [0.4, 0.5) is 0 Å². The van der Waals surface area contributed by atoms with Gasteiger partial charge in [-0.2, -0.15) is 0 Å². The predicted octanol–water partition coefficient (Wildman–Crippen LogP) is 18.3. The van der Waals surface area contributed by atoms with Gasteiger partial charge >= 0.3 is 0 Å². The van der Waals surface area contributed by atoms with Crippen molar-refractivity contribution in [1.82, 2.24) is 19.9 Å². The van der Waals surface area contributed by atoms with E-state index in [2.05, 4.69) is 9.97 Å². The van der Waals surface area contributed by atoms with Crippen LogP contribution < -0.4 is 0 Å². The molecule has 0 amide bonds. The van der Waals surface area contributed by atoms with Crippen LogP contribution in [0.15, 0.2) is 265 Å². The van der Waals surface area contributed by atoms with Gasteiger partial charge in [0.05, 0.1) is 56.8 Å². The maximum Gasteiger partial charge on any atom is 0.135 e. The number of furan rings is 1. The molecule has 0 spiro atoms. The molecule has 2 unspecified atom stereocenters. The molecule has 15 rings (SSSR count). The van der Waals surface area contributed by atoms with E-state index >= 15 is 0 Å². The number of hydrogen-bond acceptors (Lipinski definition) is 6. The Kier molecular flexibility index (Phi) is 7.44. The quantitative estimate of drug-likeness (QED) is 0.148. The monoisotopic (exact) mass is 992 g/mol. The van der Waals surface area contributed by atoms with Crippen LogP contribution in [-0.4, -0.2) is 19.9 Å². The third kappa shape index (κ3) is 8.19. The molecular formula is C70H46N4O2. The fraction of sp³-hybridized carbons (Fsp3) is 0.0286. The molecule has 0 radical (unpaired) electrons. The zero-order chi connectivity index (χ0) is 66.0. The summed E-state index contributed by atoms with van der Waals surface area (Å²) in [6.45, 7) is 0. The van der Waals surface area contributed by atoms with Crippen LogP contribution in [0.25, 0.3) is 127 Å². The van der Waals surface area contributed by atoms with Crippen molar-refractivity contribution >= 4 is 70.9 Å². The molecule has 6 nitrogen and oxygen atoms in total. The van der Waals surface area contributed by atoms with Gasteiger partial charge < -0.3 is 9.15 Å². The van der Waals surface area contributed by atoms with Crippen LogP contribution in [0.2, 0.25) is 0 Å². The largest absolute Gasteiger partial charge is 0.485 e. The third-order valence-electron chi connectivity index (χ3n) is 13.3. The molecule has 0 saturated carbocycles. The Morgan fingerprint density at radius 3 is 1.46 bits per heavy atom. The number of ether oxygens (including phenoxy) is 1. The topological polar surface area (TPSA) is 73.9 Å². The van der Waals surface area contributed by atoms with Gasteiger partial charge in [-0.25, -0.2) is 9.97 Å². The molecule has 5 aromatic heterocycles. The Bertz CT molecular complexity index is 5560. The highest BCUT2D eigenvalue weighted by Crippen LogP contribution is 2.41. The maximum absolute atomic E-state index is 9.09. The standard InChI is InChI=1S/C38H26N2O.C32H20N2O/c1-2-7-26(8-3-1)35-22-23-36(41-35)27-14-12-25(13-15-27)30-19-20-33(32-11-5-4-10-31(30)32)34-21-18-29-17-16-28-9-6-24-39-37(28)38(29)40-34;1-2-7-21(8-3-1)29-18-19-30(35-29)27-16-15-26(24-10-4-5-11-25(24)27)28-17-14-23-13-12-22-9-6-20-33-31(22)32(23)34-28/h1-21,23-24,35H,22H2;1-20H/i1D,2D,3D,7D,8D,12D,13D,14D,15D,22D,23D;1D,2D,3D,7D,8D,18D,19D. The zero-order valence-electron chi connectivity index (χ0n) is 57.8. The molecule has 358 valence electrons. The molecular weight excluding hydrogens is 929 g/mol. The minimum Gasteiger partial charge on any atom is -0.485 e. The fourth-order valence-corrected chi connectivity index (χ4v) is 9.66. The first-order chi connectivity index (χ1) is 45.2. The number of benzene rings is 9. The Morgan fingerprint density at radius 2 is 0.868 bits per heavy atom. The second kappa shape index (κ2) is 19.1. The fourth-order valence-electron chi connectivity index (χ4n) is 9.66. The lowest BCUT2D eigenvalue weighted by atomic mass is 9.93. The molecule has 14 aromatic rings. The minimum atomic E-state index is -1.56. The molecule has 1 aliphatic rings. The van der Waals surface area contributed by atoms with E-state index < -0.39 is 109 Å². The smallest absolute Gasteiger partial charge is 0.135 e. The van der Waals surface area contributed by atoms with E-state index in [1.54, 1.807) is 24.5 Å². The van der Waals surface area contributed by atoms with E-state index in [0.717, 1.165) is 76.6 Å². The van der Waals surface area contributed by atoms with E-state index in [9.17, 15) is 0 Å². The number of hydrogen-bond donors (Lipinski definition) is 0. The molecule has 9 aromatic carbocycles. The summed E-state index contributed by atoms with van der Waals surface area (Å²) in [5.41, 5.74) is 6.32. The molecule has 0 bridgehead atoms. The van der Waals surface area contributed by atoms with Crippen molar-refractivity contribution in [3.05, 3.63) is 272 Å². The van der Waals surface area contributed by atoms with Crippen LogP contribution in [-0.2, 0) is 4.74 Å². The predicted molar refractivity (Wildman–Crippen MR) is 311 cm³/mol. The Labute approximate surface area is 464 Å². The zero-order valence-corrected chi connectivity index (χ0v) is 39.8. The van der Waals surface area contributed by atoms with Crippen molar-refractivity contribution in [3.8, 4) is 56.3 Å². The molecule has 6 heteroatoms. The molecule has 76 heavy (non-hydrogen) atoms. The number of pyridine rings is 4. The molecule has 6 heterocycles. The lowest BCUT2D eigenvalue weighted by molar-refractivity contribution is 0.194. The van der Waals surface area contributed by atoms with Crippen molar-refractivity contribution < 1.29 is 33.8 Å². The van der Waals surface area contributed by atoms with Crippen LogP contribution in [0.3, 0.4) is 0 Å². The highest BCUT2D eigenvalue weighted by molar-refractivity contribution is 6.09. The van der Waals surface area contributed by atoms with Crippen LogP contribution >= 0.6 is 0 Å². The average molecular weight is 993 g/mol. The van der Waals surface area contributed by atoms with Crippen molar-refractivity contribution in [2.24, 2.45) is 0 Å². The molecule has 0 saturated heterocycles. The Hall–Kier alpha value is -10.0. The van der Waals surface area contributed by atoms with Crippen LogP contribution in [0.1, 0.15) is 48.3 Å². The van der Waals surface area contributed by atoms with E-state index in [1.165, 1.54) is 0 Å². The molecule has 1 aliphatic heterocycles. The van der Waals surface area contributed by atoms with Gasteiger partial charge in [-0.3, -0.25) is 9.97 Å². The minimum absolute atomic E-state index is 0.0258. The summed E-state index contributed by atoms with van der Waals surface area (Å²) in [6, 6.07) is 37.5. The summed E-state index contributed by atoms with van der Waals surface area (Å²) in [5, 5.41) is 6.91. The molecule has 0 aliphatic carbocycles. The Balaban J connectivity index is 0.000000166. The van der Waals surface area contributed by atoms with Gasteiger partial charge in [-0.15, -0.1) is 0 Å². The second-order valence-corrected chi connectivity index (χ2v) is 17.7. The summed E-state index contributed by atoms with van der Waals surface area (Å²) < 4.78 is 164. The third-order valence-corrected chi connectivity index (χ3v) is 13.3. The number of aromatic nitrogens is 4. The number of fused-ring (bicyclic) bond motifs is 8. The average Bonchev–Trinajstić information content (AvgIpc) is 1.35. The van der Waals surface area contributed by atoms with Gasteiger partial charge in [0.1, 0.15) is 23.4 Å². The summed E-state index contributed by atoms with van der Waals surface area (Å²) in [7, 11) is 0. The van der Waals surface area contributed by atoms with Gasteiger partial charge in [0.2, 0.25) is 0 Å². The summed E-state index contributed by atoms with van der Waals surface area (Å²) in [6.07, 6.45) is 0.413. The molecule has 0 N–H and O–H groups in total. The first kappa shape index (κ1) is 29.6. The SMILES string of the molecule is [2H]C1=C(c2c([2H])c([2H])c(-c3ccc(-c4ccc5ccc6cccnc6c5n4)c4ccccc34)c([2H])c2[2H])OC(c2c([2H])c([2H])c([2H])c([2H])c2[2H])C1[2H].[2H]c1c(-c2c([2H])c([2H])c([2H])c([2H])c2[2H])oc(-c2ccc(-c3ccc4ccc5cccnc5c4n3)c3ccccc23)c1[2H]. The van der Waals surface area contributed by atoms with Gasteiger partial charge in [0.25, 0.3) is 0 Å². The first-order valence-corrected chi connectivity index (χ1v) is 24.1. The maximum atomic E-state index is 9.09. The van der Waals surface area contributed by atoms with E-state index in [0.29, 0.717) is 22.2 Å². The summed E-state index contributed by atoms with van der Waals surface area (Å²) >= 11 is 0. The van der Waals surface area contributed by atoms with Gasteiger partial charge in [-0.05, 0) is 86.7 Å². The Morgan fingerprint density at radius 1 is 0.395 bits per heavy atom. The lowest BCUT2D eigenvalue weighted by Crippen LogP contribution is -1.96. The van der Waals surface area contributed by atoms with Crippen LogP contribution in [0, 0.1) is 0 Å². The molecule has 2 atom stereocenters. The second-order valence-electron chi connectivity index (χ2n) is 17.7.